The van der Waals surface area contributed by atoms with Gasteiger partial charge in [-0.3, -0.25) is 0 Å². The SMILES string of the molecule is CCCCNC(=O)NS(=O)(=O)c1ccccc1F. The molecular weight excluding hydrogens is 259 g/mol. The van der Waals surface area contributed by atoms with Gasteiger partial charge in [-0.2, -0.15) is 0 Å². The number of rotatable bonds is 5. The summed E-state index contributed by atoms with van der Waals surface area (Å²) >= 11 is 0. The Hall–Kier alpha value is -1.63. The van der Waals surface area contributed by atoms with Crippen molar-refractivity contribution in [2.45, 2.75) is 24.7 Å². The monoisotopic (exact) mass is 274 g/mol. The maximum Gasteiger partial charge on any atom is 0.328 e. The minimum atomic E-state index is -4.16. The van der Waals surface area contributed by atoms with Crippen LogP contribution in [0.5, 0.6) is 0 Å². The van der Waals surface area contributed by atoms with E-state index in [1.165, 1.54) is 12.1 Å². The Morgan fingerprint density at radius 3 is 2.61 bits per heavy atom. The molecule has 0 aliphatic rings. The van der Waals surface area contributed by atoms with Gasteiger partial charge in [0.25, 0.3) is 10.0 Å². The maximum absolute atomic E-state index is 13.3. The number of carbonyl (C=O) groups excluding carboxylic acids is 1. The zero-order valence-corrected chi connectivity index (χ0v) is 10.8. The number of urea groups is 1. The highest BCUT2D eigenvalue weighted by Gasteiger charge is 2.20. The van der Waals surface area contributed by atoms with Crippen LogP contribution in [-0.4, -0.2) is 21.0 Å². The molecule has 0 saturated heterocycles. The second-order valence-electron chi connectivity index (χ2n) is 3.65. The van der Waals surface area contributed by atoms with Gasteiger partial charge < -0.3 is 5.32 Å². The summed E-state index contributed by atoms with van der Waals surface area (Å²) in [6.45, 7) is 2.31. The molecule has 0 radical (unpaired) electrons. The van der Waals surface area contributed by atoms with E-state index in [0.29, 0.717) is 6.54 Å². The van der Waals surface area contributed by atoms with Crippen LogP contribution in [0.2, 0.25) is 0 Å². The molecule has 0 aromatic heterocycles. The lowest BCUT2D eigenvalue weighted by atomic mass is 10.3. The molecule has 0 unspecified atom stereocenters. The summed E-state index contributed by atoms with van der Waals surface area (Å²) < 4.78 is 38.4. The first kappa shape index (κ1) is 14.4. The zero-order valence-electron chi connectivity index (χ0n) is 9.94. The molecule has 7 heteroatoms. The van der Waals surface area contributed by atoms with Crippen LogP contribution in [0, 0.1) is 5.82 Å². The Morgan fingerprint density at radius 2 is 2.00 bits per heavy atom. The molecule has 2 N–H and O–H groups in total. The molecule has 5 nitrogen and oxygen atoms in total. The Labute approximate surface area is 105 Å². The van der Waals surface area contributed by atoms with E-state index in [4.69, 9.17) is 0 Å². The van der Waals surface area contributed by atoms with E-state index in [9.17, 15) is 17.6 Å². The molecule has 2 amide bonds. The number of unbranched alkanes of at least 4 members (excludes halogenated alkanes) is 1. The van der Waals surface area contributed by atoms with Crippen molar-refractivity contribution in [1.82, 2.24) is 10.0 Å². The highest BCUT2D eigenvalue weighted by molar-refractivity contribution is 7.90. The molecule has 0 spiro atoms. The average Bonchev–Trinajstić information content (AvgIpc) is 2.29. The van der Waals surface area contributed by atoms with E-state index < -0.39 is 26.8 Å². The molecule has 1 aromatic rings. The molecular formula is C11H15FN2O3S. The summed E-state index contributed by atoms with van der Waals surface area (Å²) in [6, 6.07) is 4.01. The fourth-order valence-corrected chi connectivity index (χ4v) is 2.26. The van der Waals surface area contributed by atoms with Crippen LogP contribution < -0.4 is 10.0 Å². The first-order valence-corrected chi connectivity index (χ1v) is 7.01. The van der Waals surface area contributed by atoms with Gasteiger partial charge in [-0.25, -0.2) is 22.3 Å². The van der Waals surface area contributed by atoms with Crippen LogP contribution in [0.4, 0.5) is 9.18 Å². The third-order valence-electron chi connectivity index (χ3n) is 2.17. The van der Waals surface area contributed by atoms with Crippen LogP contribution in [0.3, 0.4) is 0 Å². The number of hydrogen-bond acceptors (Lipinski definition) is 3. The lowest BCUT2D eigenvalue weighted by molar-refractivity contribution is 0.245. The second-order valence-corrected chi connectivity index (χ2v) is 5.30. The summed E-state index contributed by atoms with van der Waals surface area (Å²) in [7, 11) is -4.16. The van der Waals surface area contributed by atoms with Crippen molar-refractivity contribution < 1.29 is 17.6 Å². The van der Waals surface area contributed by atoms with Crippen LogP contribution in [0.15, 0.2) is 29.2 Å². The molecule has 100 valence electrons. The van der Waals surface area contributed by atoms with Gasteiger partial charge >= 0.3 is 6.03 Å². The lowest BCUT2D eigenvalue weighted by Gasteiger charge is -2.08. The summed E-state index contributed by atoms with van der Waals surface area (Å²) in [4.78, 5) is 10.7. The molecule has 0 aliphatic heterocycles. The second kappa shape index (κ2) is 6.34. The Kier molecular flexibility index (Phi) is 5.08. The van der Waals surface area contributed by atoms with Crippen molar-refractivity contribution in [3.8, 4) is 0 Å². The zero-order chi connectivity index (χ0) is 13.6. The number of hydrogen-bond donors (Lipinski definition) is 2. The van der Waals surface area contributed by atoms with E-state index in [1.807, 2.05) is 6.92 Å². The van der Waals surface area contributed by atoms with Crippen molar-refractivity contribution in [1.29, 1.82) is 0 Å². The molecule has 0 atom stereocenters. The van der Waals surface area contributed by atoms with Gasteiger partial charge in [0.05, 0.1) is 0 Å². The minimum absolute atomic E-state index is 0.370. The van der Waals surface area contributed by atoms with Gasteiger partial charge in [-0.1, -0.05) is 25.5 Å². The van der Waals surface area contributed by atoms with Gasteiger partial charge in [0.15, 0.2) is 0 Å². The molecule has 0 saturated carbocycles. The van der Waals surface area contributed by atoms with Crippen molar-refractivity contribution in [2.24, 2.45) is 0 Å². The summed E-state index contributed by atoms with van der Waals surface area (Å²) in [5, 5.41) is 2.38. The standard InChI is InChI=1S/C11H15FN2O3S/c1-2-3-8-13-11(15)14-18(16,17)10-7-5-4-6-9(10)12/h4-7H,2-3,8H2,1H3,(H2,13,14,15). The quantitative estimate of drug-likeness (QED) is 0.801. The number of amides is 2. The Morgan fingerprint density at radius 1 is 1.33 bits per heavy atom. The van der Waals surface area contributed by atoms with Crippen LogP contribution in [0.25, 0.3) is 0 Å². The number of nitrogens with one attached hydrogen (secondary N) is 2. The fraction of sp³-hybridized carbons (Fsp3) is 0.364. The van der Waals surface area contributed by atoms with E-state index in [2.05, 4.69) is 5.32 Å². The highest BCUT2D eigenvalue weighted by Crippen LogP contribution is 2.12. The normalized spacial score (nSPS) is 11.0. The topological polar surface area (TPSA) is 75.3 Å². The number of halogens is 1. The molecule has 1 rings (SSSR count). The van der Waals surface area contributed by atoms with Crippen molar-refractivity contribution in [3.63, 3.8) is 0 Å². The molecule has 1 aromatic carbocycles. The molecule has 0 aliphatic carbocycles. The predicted molar refractivity (Wildman–Crippen MR) is 65.0 cm³/mol. The first-order chi connectivity index (χ1) is 8.47. The van der Waals surface area contributed by atoms with Gasteiger partial charge in [-0.05, 0) is 18.6 Å². The summed E-state index contributed by atoms with van der Waals surface area (Å²) in [5.41, 5.74) is 0. The lowest BCUT2D eigenvalue weighted by Crippen LogP contribution is -2.40. The number of sulfonamides is 1. The van der Waals surface area contributed by atoms with E-state index in [-0.39, 0.29) is 0 Å². The van der Waals surface area contributed by atoms with Gasteiger partial charge in [0, 0.05) is 6.54 Å². The van der Waals surface area contributed by atoms with Crippen LogP contribution in [0.1, 0.15) is 19.8 Å². The third kappa shape index (κ3) is 3.99. The molecule has 18 heavy (non-hydrogen) atoms. The third-order valence-corrected chi connectivity index (χ3v) is 3.53. The van der Waals surface area contributed by atoms with Gasteiger partial charge in [0.2, 0.25) is 0 Å². The van der Waals surface area contributed by atoms with Crippen molar-refractivity contribution in [3.05, 3.63) is 30.1 Å². The Bertz CT molecular complexity index is 517. The largest absolute Gasteiger partial charge is 0.337 e. The first-order valence-electron chi connectivity index (χ1n) is 5.52. The molecule has 0 bridgehead atoms. The number of benzene rings is 1. The van der Waals surface area contributed by atoms with Crippen LogP contribution in [-0.2, 0) is 10.0 Å². The van der Waals surface area contributed by atoms with E-state index >= 15 is 0 Å². The van der Waals surface area contributed by atoms with Gasteiger partial charge in [0.1, 0.15) is 10.7 Å². The number of carbonyl (C=O) groups is 1. The van der Waals surface area contributed by atoms with Crippen LogP contribution >= 0.6 is 0 Å². The predicted octanol–water partition coefficient (Wildman–Crippen LogP) is 1.61. The van der Waals surface area contributed by atoms with E-state index in [1.54, 1.807) is 4.72 Å². The molecule has 0 fully saturated rings. The van der Waals surface area contributed by atoms with E-state index in [0.717, 1.165) is 25.0 Å². The fourth-order valence-electron chi connectivity index (χ4n) is 1.25. The maximum atomic E-state index is 13.3. The molecule has 0 heterocycles. The smallest absolute Gasteiger partial charge is 0.328 e. The van der Waals surface area contributed by atoms with Crippen molar-refractivity contribution in [2.75, 3.05) is 6.54 Å². The minimum Gasteiger partial charge on any atom is -0.337 e. The average molecular weight is 274 g/mol. The highest BCUT2D eigenvalue weighted by atomic mass is 32.2. The van der Waals surface area contributed by atoms with Crippen molar-refractivity contribution >= 4 is 16.1 Å². The van der Waals surface area contributed by atoms with Gasteiger partial charge in [-0.15, -0.1) is 0 Å². The summed E-state index contributed by atoms with van der Waals surface area (Å²) in [6.07, 6.45) is 1.62. The Balaban J connectivity index is 2.71. The summed E-state index contributed by atoms with van der Waals surface area (Å²) in [5.74, 6) is -0.897.